The van der Waals surface area contributed by atoms with E-state index in [4.69, 9.17) is 106 Å². The molecule has 3 aromatic rings. The summed E-state index contributed by atoms with van der Waals surface area (Å²) in [5.41, 5.74) is -3.55. The number of hydrogen-bond donors (Lipinski definition) is 10. The fourth-order valence-electron chi connectivity index (χ4n) is 13.1. The summed E-state index contributed by atoms with van der Waals surface area (Å²) in [6, 6.07) is -2.71. The van der Waals surface area contributed by atoms with Crippen molar-refractivity contribution in [2.24, 2.45) is 0 Å². The number of carbonyl (C=O) groups is 4. The van der Waals surface area contributed by atoms with Crippen LogP contribution in [0.4, 0.5) is 0 Å². The first-order chi connectivity index (χ1) is 55.7. The minimum absolute atomic E-state index is 0.00567. The van der Waals surface area contributed by atoms with Gasteiger partial charge >= 0.3 is 0 Å². The van der Waals surface area contributed by atoms with Crippen molar-refractivity contribution in [1.29, 1.82) is 0 Å². The number of fused-ring (bicyclic) bond motifs is 6. The summed E-state index contributed by atoms with van der Waals surface area (Å²) in [5.74, 6) is 1.17. The number of nitrogens with one attached hydrogen (secondary N) is 4. The SMILES string of the molecule is C#CCCCCC(=O)NC(COCc1cn(CCOCCOCCOCCOC[C@]23CO[C@@H](O2)[C@H](NC(C)=O)[C@@H](O)[C@H]3O)nn1)(COCc1cn(CCOCCOCCOCCOC[C@]23CO[C@@H](O2)[C@H](NC(C)=O)[C@@H](O)[C@H]3O)nn1)COCc1cn(CCOCCOCCOCCOC[C@]23CO[C@@H](O2)[C@H](NC(C)=O)[C@@H](O)[C@H]3O)nn1. The predicted octanol–water partition coefficient (Wildman–Crippen LogP) is -6.29. The molecule has 3 aromatic heterocycles. The molecule has 44 nitrogen and oxygen atoms in total. The van der Waals surface area contributed by atoms with Gasteiger partial charge in [-0.1, -0.05) is 15.6 Å². The monoisotopic (exact) mass is 1650 g/mol. The van der Waals surface area contributed by atoms with E-state index in [1.54, 1.807) is 32.6 Å². The Hall–Kier alpha value is -6.22. The van der Waals surface area contributed by atoms with Gasteiger partial charge in [0.05, 0.1) is 256 Å². The third-order valence-corrected chi connectivity index (χ3v) is 19.0. The van der Waals surface area contributed by atoms with E-state index in [1.807, 2.05) is 0 Å². The van der Waals surface area contributed by atoms with Crippen molar-refractivity contribution in [3.05, 3.63) is 35.7 Å². The molecule has 0 spiro atoms. The lowest BCUT2D eigenvalue weighted by Gasteiger charge is -2.42. The Balaban J connectivity index is 0.664. The first kappa shape index (κ1) is 92.7. The Labute approximate surface area is 665 Å². The van der Waals surface area contributed by atoms with E-state index in [1.165, 1.54) is 20.8 Å². The van der Waals surface area contributed by atoms with E-state index in [0.29, 0.717) is 155 Å². The summed E-state index contributed by atoms with van der Waals surface area (Å²) in [6.07, 6.45) is 1.93. The third kappa shape index (κ3) is 29.3. The normalized spacial score (nSPS) is 26.8. The number of aromatic nitrogens is 9. The van der Waals surface area contributed by atoms with Crippen molar-refractivity contribution in [3.63, 3.8) is 0 Å². The molecule has 44 heteroatoms. The van der Waals surface area contributed by atoms with Gasteiger partial charge < -0.3 is 151 Å². The van der Waals surface area contributed by atoms with Gasteiger partial charge in [0.1, 0.15) is 94.2 Å². The summed E-state index contributed by atoms with van der Waals surface area (Å²) in [6.45, 7) is 10.5. The molecule has 6 bridgehead atoms. The van der Waals surface area contributed by atoms with E-state index in [9.17, 15) is 49.8 Å². The molecule has 115 heavy (non-hydrogen) atoms. The quantitative estimate of drug-likeness (QED) is 0.0186. The number of amides is 4. The van der Waals surface area contributed by atoms with Gasteiger partial charge in [-0.15, -0.1) is 27.6 Å². The number of terminal acetylenes is 1. The number of aliphatic hydroxyl groups is 6. The second kappa shape index (κ2) is 48.7. The highest BCUT2D eigenvalue weighted by Crippen LogP contribution is 2.40. The summed E-state index contributed by atoms with van der Waals surface area (Å²) in [5, 5.41) is 101. The molecule has 6 fully saturated rings. The lowest BCUT2D eigenvalue weighted by molar-refractivity contribution is -0.238. The minimum atomic E-state index is -1.34. The zero-order valence-electron chi connectivity index (χ0n) is 65.4. The summed E-state index contributed by atoms with van der Waals surface area (Å²) >= 11 is 0. The average molecular weight is 1650 g/mol. The lowest BCUT2D eigenvalue weighted by Crippen LogP contribution is -2.66. The Morgan fingerprint density at radius 1 is 0.435 bits per heavy atom. The van der Waals surface area contributed by atoms with Crippen molar-refractivity contribution >= 4 is 23.6 Å². The Morgan fingerprint density at radius 3 is 0.991 bits per heavy atom. The number of unbranched alkanes of at least 4 members (excludes halogenated alkanes) is 2. The second-order valence-electron chi connectivity index (χ2n) is 28.4. The largest absolute Gasteiger partial charge is 0.388 e. The highest BCUT2D eigenvalue weighted by Gasteiger charge is 2.62. The summed E-state index contributed by atoms with van der Waals surface area (Å²) in [4.78, 5) is 48.5. The lowest BCUT2D eigenvalue weighted by atomic mass is 9.88. The van der Waals surface area contributed by atoms with Crippen LogP contribution in [0.2, 0.25) is 0 Å². The van der Waals surface area contributed by atoms with Crippen LogP contribution >= 0.6 is 0 Å². The van der Waals surface area contributed by atoms with Crippen LogP contribution in [0.25, 0.3) is 0 Å². The van der Waals surface area contributed by atoms with Crippen LogP contribution in [0.5, 0.6) is 0 Å². The van der Waals surface area contributed by atoms with Crippen molar-refractivity contribution in [1.82, 2.24) is 66.2 Å². The number of nitrogens with zero attached hydrogens (tertiary/aromatic N) is 9. The van der Waals surface area contributed by atoms with Crippen LogP contribution in [-0.2, 0) is 158 Å². The first-order valence-electron chi connectivity index (χ1n) is 38.6. The van der Waals surface area contributed by atoms with Gasteiger partial charge in [0.15, 0.2) is 18.9 Å². The topological polar surface area (TPSA) is 524 Å². The molecule has 10 N–H and O–H groups in total. The van der Waals surface area contributed by atoms with Crippen molar-refractivity contribution in [2.75, 3.05) is 198 Å². The number of ether oxygens (including phenoxy) is 21. The van der Waals surface area contributed by atoms with Gasteiger partial charge in [0, 0.05) is 33.6 Å². The van der Waals surface area contributed by atoms with E-state index in [0.717, 1.165) is 0 Å². The Bertz CT molecular complexity index is 3060. The van der Waals surface area contributed by atoms with E-state index in [2.05, 4.69) is 58.1 Å². The molecule has 4 amide bonds. The molecule has 15 atom stereocenters. The van der Waals surface area contributed by atoms with Crippen LogP contribution in [-0.4, -0.2) is 393 Å². The molecule has 9 heterocycles. The summed E-state index contributed by atoms with van der Waals surface area (Å²) < 4.78 is 126. The molecule has 6 saturated heterocycles. The van der Waals surface area contributed by atoms with Gasteiger partial charge in [-0.3, -0.25) is 19.2 Å². The van der Waals surface area contributed by atoms with Crippen molar-refractivity contribution in [3.8, 4) is 12.3 Å². The minimum Gasteiger partial charge on any atom is -0.388 e. The Kier molecular flexibility index (Phi) is 39.3. The average Bonchev–Trinajstić information content (AvgIpc) is 1.65. The van der Waals surface area contributed by atoms with Crippen LogP contribution in [0.15, 0.2) is 18.6 Å². The molecule has 0 unspecified atom stereocenters. The van der Waals surface area contributed by atoms with E-state index < -0.39 is 96.0 Å². The fraction of sp³-hybridized carbons (Fsp3) is 0.831. The zero-order chi connectivity index (χ0) is 81.7. The smallest absolute Gasteiger partial charge is 0.220 e. The number of hydrogen-bond acceptors (Lipinski definition) is 37. The molecule has 0 aromatic carbocycles. The standard InChI is InChI=1S/C71H115N13O31/c1-5-6-7-8-9-55(88)75-68(40-107-37-52-34-82(79-76-52)10-13-95-16-19-98-22-25-101-28-31-104-43-69-46-110-65(113-69)56(72-49(2)85)59(89)62(69)92,41-108-38-53-35-83(80-77-53)11-14-96-17-20-99-23-26-102-29-32-105-44-70-47-111-66(114-70)57(73-50(3)86)60(90)63(70)93)42-109-39-54-36-84(81-78-54)12-15-97-18-21-100-24-27-103-30-33-106-45-71-48-112-67(115-71)58(74-51(4)87)61(91)64(71)94/h1,34-36,56-67,89-94H,6-33,37-48H2,2-4H3,(H,72,85)(H,73,86)(H,74,87)(H,75,88)/t56-,57-,58-,59-,60-,61-,62-,63-,64-,65+,66+,67+,69-,70-,71-/m1/s1. The Morgan fingerprint density at radius 2 is 0.713 bits per heavy atom. The van der Waals surface area contributed by atoms with E-state index >= 15 is 0 Å². The fourth-order valence-corrected chi connectivity index (χ4v) is 13.1. The molecular formula is C71H115N13O31. The van der Waals surface area contributed by atoms with Gasteiger partial charge in [0.2, 0.25) is 23.6 Å². The van der Waals surface area contributed by atoms with Crippen molar-refractivity contribution in [2.45, 2.75) is 182 Å². The molecule has 0 radical (unpaired) electrons. The molecule has 9 rings (SSSR count). The highest BCUT2D eigenvalue weighted by molar-refractivity contribution is 5.77. The van der Waals surface area contributed by atoms with Crippen LogP contribution in [0.3, 0.4) is 0 Å². The third-order valence-electron chi connectivity index (χ3n) is 19.0. The van der Waals surface area contributed by atoms with Crippen molar-refractivity contribution < 1.29 is 149 Å². The van der Waals surface area contributed by atoms with Gasteiger partial charge in [0.25, 0.3) is 0 Å². The summed E-state index contributed by atoms with van der Waals surface area (Å²) in [7, 11) is 0. The number of carbonyl (C=O) groups excluding carboxylic acids is 4. The number of rotatable bonds is 62. The maximum absolute atomic E-state index is 13.8. The molecule has 0 aliphatic carbocycles. The van der Waals surface area contributed by atoms with Crippen LogP contribution < -0.4 is 21.3 Å². The van der Waals surface area contributed by atoms with Crippen LogP contribution in [0, 0.1) is 12.3 Å². The molecule has 0 saturated carbocycles. The molecular weight excluding hydrogens is 1530 g/mol. The van der Waals surface area contributed by atoms with Gasteiger partial charge in [-0.05, 0) is 12.8 Å². The second-order valence-corrected chi connectivity index (χ2v) is 28.4. The van der Waals surface area contributed by atoms with Gasteiger partial charge in [-0.25, -0.2) is 14.0 Å². The molecule has 650 valence electrons. The predicted molar refractivity (Wildman–Crippen MR) is 387 cm³/mol. The first-order valence-corrected chi connectivity index (χ1v) is 38.6. The molecule has 6 aliphatic heterocycles. The van der Waals surface area contributed by atoms with E-state index in [-0.39, 0.29) is 149 Å². The maximum atomic E-state index is 13.8. The zero-order valence-corrected chi connectivity index (χ0v) is 65.4. The molecule has 6 aliphatic rings. The van der Waals surface area contributed by atoms with Gasteiger partial charge in [-0.2, -0.15) is 0 Å². The highest BCUT2D eigenvalue weighted by atomic mass is 16.8. The number of aliphatic hydroxyl groups excluding tert-OH is 6. The maximum Gasteiger partial charge on any atom is 0.220 e. The van der Waals surface area contributed by atoms with Crippen LogP contribution in [0.1, 0.15) is 63.5 Å².